The number of para-hydroxylation sites is 2. The third-order valence-corrected chi connectivity index (χ3v) is 4.99. The molecule has 1 saturated heterocycles. The molecule has 2 heterocycles. The Bertz CT molecular complexity index is 950. The van der Waals surface area contributed by atoms with Gasteiger partial charge < -0.3 is 9.88 Å². The molecule has 2 aromatic carbocycles. The van der Waals surface area contributed by atoms with Crippen molar-refractivity contribution in [1.29, 1.82) is 0 Å². The average Bonchev–Trinajstić information content (AvgIpc) is 3.12. The summed E-state index contributed by atoms with van der Waals surface area (Å²) in [7, 11) is 0. The highest BCUT2D eigenvalue weighted by Crippen LogP contribution is 2.28. The summed E-state index contributed by atoms with van der Waals surface area (Å²) in [6.07, 6.45) is 4.04. The number of likely N-dealkylation sites (tertiary alicyclic amines) is 1. The molecule has 0 spiro atoms. The van der Waals surface area contributed by atoms with E-state index in [1.807, 2.05) is 24.3 Å². The molecule has 4 rings (SSSR count). The van der Waals surface area contributed by atoms with Gasteiger partial charge >= 0.3 is 0 Å². The minimum Gasteiger partial charge on any atom is -0.342 e. The number of nitrogens with zero attached hydrogens (tertiary/aromatic N) is 2. The molecule has 3 aromatic rings. The molecule has 4 nitrogen and oxygen atoms in total. The van der Waals surface area contributed by atoms with Gasteiger partial charge in [-0.05, 0) is 43.2 Å². The minimum absolute atomic E-state index is 0.192. The highest BCUT2D eigenvalue weighted by molar-refractivity contribution is 5.91. The molecule has 1 aliphatic heterocycles. The van der Waals surface area contributed by atoms with Gasteiger partial charge in [0.05, 0.1) is 11.0 Å². The maximum Gasteiger partial charge on any atom is 0.246 e. The Morgan fingerprint density at radius 3 is 2.48 bits per heavy atom. The molecule has 1 aliphatic rings. The number of hydrogen-bond donors (Lipinski definition) is 1. The summed E-state index contributed by atoms with van der Waals surface area (Å²) in [5, 5.41) is 0. The van der Waals surface area contributed by atoms with Crippen LogP contribution in [0.5, 0.6) is 0 Å². The Balaban J connectivity index is 1.40. The third-order valence-electron chi connectivity index (χ3n) is 4.99. The maximum absolute atomic E-state index is 13.6. The molecule has 0 bridgehead atoms. The molecular formula is C21H19F2N3O. The first-order valence-electron chi connectivity index (χ1n) is 8.97. The van der Waals surface area contributed by atoms with Crippen molar-refractivity contribution in [3.8, 4) is 0 Å². The molecule has 0 radical (unpaired) electrons. The van der Waals surface area contributed by atoms with Gasteiger partial charge in [0.25, 0.3) is 0 Å². The highest BCUT2D eigenvalue weighted by Gasteiger charge is 2.25. The van der Waals surface area contributed by atoms with E-state index in [1.165, 1.54) is 30.4 Å². The number of benzene rings is 2. The zero-order valence-corrected chi connectivity index (χ0v) is 14.7. The van der Waals surface area contributed by atoms with E-state index < -0.39 is 11.6 Å². The molecule has 1 aromatic heterocycles. The number of fused-ring (bicyclic) bond motifs is 1. The lowest BCUT2D eigenvalue weighted by Gasteiger charge is -2.30. The summed E-state index contributed by atoms with van der Waals surface area (Å²) in [6.45, 7) is 1.18. The number of halogens is 2. The first-order chi connectivity index (χ1) is 13.1. The van der Waals surface area contributed by atoms with Crippen LogP contribution in [0.2, 0.25) is 0 Å². The predicted molar refractivity (Wildman–Crippen MR) is 100 cm³/mol. The number of H-pyrrole nitrogens is 1. The second kappa shape index (κ2) is 7.31. The molecule has 27 heavy (non-hydrogen) atoms. The van der Waals surface area contributed by atoms with Crippen molar-refractivity contribution >= 4 is 23.0 Å². The summed E-state index contributed by atoms with van der Waals surface area (Å²) in [5.74, 6) is -0.368. The van der Waals surface area contributed by atoms with E-state index in [1.54, 1.807) is 4.90 Å². The van der Waals surface area contributed by atoms with Gasteiger partial charge in [0.15, 0.2) is 0 Å². The predicted octanol–water partition coefficient (Wildman–Crippen LogP) is 4.26. The number of amides is 1. The van der Waals surface area contributed by atoms with Crippen molar-refractivity contribution in [3.63, 3.8) is 0 Å². The van der Waals surface area contributed by atoms with Gasteiger partial charge in [-0.15, -0.1) is 0 Å². The van der Waals surface area contributed by atoms with Gasteiger partial charge in [0, 0.05) is 30.6 Å². The second-order valence-corrected chi connectivity index (χ2v) is 6.71. The number of rotatable bonds is 3. The lowest BCUT2D eigenvalue weighted by molar-refractivity contribution is -0.127. The molecule has 0 atom stereocenters. The fourth-order valence-electron chi connectivity index (χ4n) is 3.47. The van der Waals surface area contributed by atoms with E-state index in [0.29, 0.717) is 13.1 Å². The number of aromatic amines is 1. The van der Waals surface area contributed by atoms with E-state index in [4.69, 9.17) is 0 Å². The van der Waals surface area contributed by atoms with Gasteiger partial charge in [-0.3, -0.25) is 4.79 Å². The van der Waals surface area contributed by atoms with Crippen LogP contribution in [0, 0.1) is 11.6 Å². The van der Waals surface area contributed by atoms with Gasteiger partial charge in [-0.2, -0.15) is 0 Å². The second-order valence-electron chi connectivity index (χ2n) is 6.71. The highest BCUT2D eigenvalue weighted by atomic mass is 19.1. The monoisotopic (exact) mass is 367 g/mol. The Kier molecular flexibility index (Phi) is 4.71. The molecule has 0 saturated carbocycles. The van der Waals surface area contributed by atoms with Gasteiger partial charge in [-0.1, -0.05) is 18.2 Å². The van der Waals surface area contributed by atoms with E-state index in [9.17, 15) is 13.6 Å². The standard InChI is InChI=1S/C21H19F2N3O/c22-16-4-3-5-17(23)15(16)8-9-20(27)26-12-10-14(11-13-26)21-24-18-6-1-2-7-19(18)25-21/h1-9,14H,10-13H2,(H,24,25)/b9-8+. The molecule has 138 valence electrons. The molecule has 6 heteroatoms. The van der Waals surface area contributed by atoms with Crippen molar-refractivity contribution in [2.24, 2.45) is 0 Å². The molecular weight excluding hydrogens is 348 g/mol. The van der Waals surface area contributed by atoms with Crippen LogP contribution < -0.4 is 0 Å². The van der Waals surface area contributed by atoms with Gasteiger partial charge in [0.2, 0.25) is 5.91 Å². The van der Waals surface area contributed by atoms with Crippen molar-refractivity contribution < 1.29 is 13.6 Å². The SMILES string of the molecule is O=C(/C=C/c1c(F)cccc1F)N1CCC(c2nc3ccccc3[nH]2)CC1. The van der Waals surface area contributed by atoms with Crippen LogP contribution in [0.1, 0.15) is 30.1 Å². The molecule has 0 unspecified atom stereocenters. The first kappa shape index (κ1) is 17.4. The Morgan fingerprint density at radius 1 is 1.07 bits per heavy atom. The van der Waals surface area contributed by atoms with E-state index in [2.05, 4.69) is 9.97 Å². The fourth-order valence-corrected chi connectivity index (χ4v) is 3.47. The number of imidazole rings is 1. The Hall–Kier alpha value is -3.02. The van der Waals surface area contributed by atoms with Crippen LogP contribution in [-0.4, -0.2) is 33.9 Å². The largest absolute Gasteiger partial charge is 0.342 e. The number of piperidine rings is 1. The summed E-state index contributed by atoms with van der Waals surface area (Å²) in [6, 6.07) is 11.5. The van der Waals surface area contributed by atoms with E-state index in [0.717, 1.165) is 29.7 Å². The number of carbonyl (C=O) groups is 1. The van der Waals surface area contributed by atoms with Gasteiger partial charge in [-0.25, -0.2) is 13.8 Å². The number of carbonyl (C=O) groups excluding carboxylic acids is 1. The fraction of sp³-hybridized carbons (Fsp3) is 0.238. The van der Waals surface area contributed by atoms with Crippen molar-refractivity contribution in [2.45, 2.75) is 18.8 Å². The topological polar surface area (TPSA) is 49.0 Å². The number of nitrogens with one attached hydrogen (secondary N) is 1. The Labute approximate surface area is 155 Å². The summed E-state index contributed by atoms with van der Waals surface area (Å²) < 4.78 is 27.3. The van der Waals surface area contributed by atoms with Crippen LogP contribution in [0.4, 0.5) is 8.78 Å². The smallest absolute Gasteiger partial charge is 0.246 e. The lowest BCUT2D eigenvalue weighted by Crippen LogP contribution is -2.37. The molecule has 1 fully saturated rings. The zero-order chi connectivity index (χ0) is 18.8. The zero-order valence-electron chi connectivity index (χ0n) is 14.7. The van der Waals surface area contributed by atoms with Crippen LogP contribution in [0.15, 0.2) is 48.5 Å². The lowest BCUT2D eigenvalue weighted by atomic mass is 9.96. The normalized spacial score (nSPS) is 15.7. The third kappa shape index (κ3) is 3.60. The minimum atomic E-state index is -0.678. The van der Waals surface area contributed by atoms with Crippen LogP contribution in [0.25, 0.3) is 17.1 Å². The quantitative estimate of drug-likeness (QED) is 0.703. The van der Waals surface area contributed by atoms with Crippen molar-refractivity contribution in [1.82, 2.24) is 14.9 Å². The van der Waals surface area contributed by atoms with Crippen molar-refractivity contribution in [2.75, 3.05) is 13.1 Å². The van der Waals surface area contributed by atoms with Crippen LogP contribution in [0.3, 0.4) is 0 Å². The Morgan fingerprint density at radius 2 is 1.78 bits per heavy atom. The van der Waals surface area contributed by atoms with E-state index in [-0.39, 0.29) is 17.4 Å². The molecule has 0 aliphatic carbocycles. The summed E-state index contributed by atoms with van der Waals surface area (Å²) in [4.78, 5) is 22.1. The average molecular weight is 367 g/mol. The first-order valence-corrected chi connectivity index (χ1v) is 8.97. The van der Waals surface area contributed by atoms with E-state index >= 15 is 0 Å². The van der Waals surface area contributed by atoms with Gasteiger partial charge in [0.1, 0.15) is 17.5 Å². The summed E-state index contributed by atoms with van der Waals surface area (Å²) >= 11 is 0. The number of aromatic nitrogens is 2. The number of hydrogen-bond acceptors (Lipinski definition) is 2. The van der Waals surface area contributed by atoms with Crippen molar-refractivity contribution in [3.05, 3.63) is 71.6 Å². The molecule has 1 amide bonds. The van der Waals surface area contributed by atoms with Crippen LogP contribution >= 0.6 is 0 Å². The molecule has 1 N–H and O–H groups in total. The van der Waals surface area contributed by atoms with Crippen LogP contribution in [-0.2, 0) is 4.79 Å². The maximum atomic E-state index is 13.6. The summed E-state index contributed by atoms with van der Waals surface area (Å²) in [5.41, 5.74) is 1.77.